The average molecular weight is 379 g/mol. The molecule has 0 unspecified atom stereocenters. The number of rotatable bonds is 6. The monoisotopic (exact) mass is 378 g/mol. The van der Waals surface area contributed by atoms with Crippen molar-refractivity contribution in [2.24, 2.45) is 0 Å². The summed E-state index contributed by atoms with van der Waals surface area (Å²) in [6, 6.07) is 9.96. The molecule has 2 rings (SSSR count). The lowest BCUT2D eigenvalue weighted by molar-refractivity contribution is -0.128. The van der Waals surface area contributed by atoms with Crippen LogP contribution in [0.2, 0.25) is 0 Å². The van der Waals surface area contributed by atoms with E-state index in [-0.39, 0.29) is 11.2 Å². The van der Waals surface area contributed by atoms with Crippen LogP contribution in [0.3, 0.4) is 0 Å². The maximum Gasteiger partial charge on any atom is 0.235 e. The first-order valence-electron chi connectivity index (χ1n) is 7.38. The van der Waals surface area contributed by atoms with E-state index in [2.05, 4.69) is 5.10 Å². The second-order valence-electron chi connectivity index (χ2n) is 5.26. The molecule has 0 saturated carbocycles. The van der Waals surface area contributed by atoms with Gasteiger partial charge in [0.05, 0.1) is 23.4 Å². The third kappa shape index (κ3) is 4.44. The topological polar surface area (TPSA) is 61.9 Å². The van der Waals surface area contributed by atoms with Crippen LogP contribution < -0.4 is 0 Å². The Morgan fingerprint density at radius 2 is 2.25 bits per heavy atom. The van der Waals surface area contributed by atoms with Crippen LogP contribution in [0.1, 0.15) is 18.9 Å². The molecule has 5 nitrogen and oxygen atoms in total. The van der Waals surface area contributed by atoms with Crippen LogP contribution in [-0.4, -0.2) is 39.4 Å². The first-order valence-corrected chi connectivity index (χ1v) is 9.49. The molecule has 2 aromatic rings. The smallest absolute Gasteiger partial charge is 0.235 e. The Bertz CT molecular complexity index is 821. The fraction of sp³-hybridized carbons (Fsp3) is 0.375. The molecule has 0 radical (unpaired) electrons. The molecule has 0 aliphatic carbocycles. The largest absolute Gasteiger partial charge is 0.344 e. The number of para-hydroxylation sites is 1. The van der Waals surface area contributed by atoms with Crippen LogP contribution in [0.25, 0.3) is 5.69 Å². The molecule has 0 aliphatic heterocycles. The van der Waals surface area contributed by atoms with E-state index in [1.165, 1.54) is 23.1 Å². The summed E-state index contributed by atoms with van der Waals surface area (Å²) >= 11 is 8.21. The number of carbonyl (C=O) groups excluding carboxylic acids is 1. The molecule has 8 heteroatoms. The van der Waals surface area contributed by atoms with Gasteiger partial charge in [-0.3, -0.25) is 4.79 Å². The lowest BCUT2D eigenvalue weighted by Crippen LogP contribution is -2.33. The summed E-state index contributed by atoms with van der Waals surface area (Å²) in [7, 11) is 1.71. The van der Waals surface area contributed by atoms with Gasteiger partial charge in [-0.05, 0) is 37.7 Å². The Kier molecular flexibility index (Phi) is 6.54. The zero-order valence-electron chi connectivity index (χ0n) is 13.7. The minimum Gasteiger partial charge on any atom is -0.344 e. The van der Waals surface area contributed by atoms with Gasteiger partial charge in [-0.1, -0.05) is 41.3 Å². The molecule has 1 atom stereocenters. The number of carbonyl (C=O) groups is 1. The molecule has 1 aromatic heterocycles. The minimum atomic E-state index is -0.278. The van der Waals surface area contributed by atoms with Gasteiger partial charge in [0, 0.05) is 13.6 Å². The number of aromatic nitrogens is 2. The predicted molar refractivity (Wildman–Crippen MR) is 100 cm³/mol. The van der Waals surface area contributed by atoms with E-state index in [0.29, 0.717) is 16.9 Å². The number of nitriles is 1. The highest BCUT2D eigenvalue weighted by Gasteiger charge is 2.20. The van der Waals surface area contributed by atoms with Gasteiger partial charge in [0.25, 0.3) is 0 Å². The van der Waals surface area contributed by atoms with Crippen LogP contribution in [0.5, 0.6) is 0 Å². The third-order valence-electron chi connectivity index (χ3n) is 3.43. The zero-order valence-corrected chi connectivity index (χ0v) is 16.2. The van der Waals surface area contributed by atoms with Crippen molar-refractivity contribution in [1.82, 2.24) is 14.7 Å². The molecule has 0 spiro atoms. The Morgan fingerprint density at radius 3 is 2.92 bits per heavy atom. The minimum absolute atomic E-state index is 0.0150. The maximum atomic E-state index is 12.3. The van der Waals surface area contributed by atoms with Gasteiger partial charge in [-0.25, -0.2) is 4.68 Å². The van der Waals surface area contributed by atoms with Gasteiger partial charge in [-0.2, -0.15) is 5.26 Å². The van der Waals surface area contributed by atoms with Gasteiger partial charge >= 0.3 is 0 Å². The van der Waals surface area contributed by atoms with Crippen molar-refractivity contribution in [2.75, 3.05) is 13.6 Å². The quantitative estimate of drug-likeness (QED) is 0.565. The fourth-order valence-corrected chi connectivity index (χ4v) is 4.71. The molecule has 0 aliphatic rings. The van der Waals surface area contributed by atoms with Gasteiger partial charge in [0.15, 0.2) is 8.29 Å². The Balaban J connectivity index is 2.13. The number of hydrogen-bond donors (Lipinski definition) is 0. The summed E-state index contributed by atoms with van der Waals surface area (Å²) < 4.78 is 3.16. The normalized spacial score (nSPS) is 11.8. The average Bonchev–Trinajstić information content (AvgIpc) is 2.92. The van der Waals surface area contributed by atoms with E-state index in [0.717, 1.165) is 15.6 Å². The lowest BCUT2D eigenvalue weighted by Gasteiger charge is -2.19. The molecule has 126 valence electrons. The summed E-state index contributed by atoms with van der Waals surface area (Å²) in [5.41, 5.74) is 2.05. The highest BCUT2D eigenvalue weighted by Crippen LogP contribution is 2.29. The first kappa shape index (κ1) is 18.6. The van der Waals surface area contributed by atoms with Crippen molar-refractivity contribution < 1.29 is 4.79 Å². The number of amides is 1. The molecule has 1 amide bonds. The standard InChI is InChI=1S/C16H18N4OS3/c1-11-7-4-5-8-13(11)20-16(22)24-15(18-20)23-12(2)14(21)19(3)10-6-9-17/h4-5,7-8,12H,6,10H2,1-3H3/t12-/m1/s1. The van der Waals surface area contributed by atoms with Crippen molar-refractivity contribution >= 4 is 41.2 Å². The summed E-state index contributed by atoms with van der Waals surface area (Å²) in [5, 5.41) is 12.9. The molecular formula is C16H18N4OS3. The molecule has 0 saturated heterocycles. The maximum absolute atomic E-state index is 12.3. The van der Waals surface area contributed by atoms with Crippen LogP contribution in [0, 0.1) is 22.2 Å². The van der Waals surface area contributed by atoms with Crippen molar-refractivity contribution in [3.8, 4) is 11.8 Å². The van der Waals surface area contributed by atoms with Gasteiger partial charge in [0.2, 0.25) is 5.91 Å². The van der Waals surface area contributed by atoms with Crippen molar-refractivity contribution in [1.29, 1.82) is 5.26 Å². The highest BCUT2D eigenvalue weighted by molar-refractivity contribution is 8.02. The Labute approximate surface area is 154 Å². The molecule has 0 bridgehead atoms. The molecule has 24 heavy (non-hydrogen) atoms. The molecule has 0 fully saturated rings. The predicted octanol–water partition coefficient (Wildman–Crippen LogP) is 3.82. The Hall–Kier alpha value is -1.69. The van der Waals surface area contributed by atoms with E-state index in [9.17, 15) is 4.79 Å². The third-order valence-corrected chi connectivity index (χ3v) is 5.84. The first-order chi connectivity index (χ1) is 11.4. The van der Waals surface area contributed by atoms with E-state index in [4.69, 9.17) is 17.5 Å². The van der Waals surface area contributed by atoms with Crippen LogP contribution >= 0.6 is 35.3 Å². The summed E-state index contributed by atoms with van der Waals surface area (Å²) in [6.45, 7) is 4.30. The molecule has 0 N–H and O–H groups in total. The number of hydrogen-bond acceptors (Lipinski definition) is 6. The van der Waals surface area contributed by atoms with Crippen LogP contribution in [-0.2, 0) is 4.79 Å². The van der Waals surface area contributed by atoms with E-state index in [1.807, 2.05) is 44.2 Å². The van der Waals surface area contributed by atoms with Crippen molar-refractivity contribution in [2.45, 2.75) is 29.9 Å². The SMILES string of the molecule is Cc1ccccc1-n1nc(S[C@H](C)C(=O)N(C)CCC#N)sc1=S. The molecular weight excluding hydrogens is 360 g/mol. The fourth-order valence-electron chi connectivity index (χ4n) is 2.10. The van der Waals surface area contributed by atoms with Crippen LogP contribution in [0.4, 0.5) is 0 Å². The second-order valence-corrected chi connectivity index (χ2v) is 8.47. The second kappa shape index (κ2) is 8.42. The van der Waals surface area contributed by atoms with Gasteiger partial charge in [-0.15, -0.1) is 5.10 Å². The highest BCUT2D eigenvalue weighted by atomic mass is 32.2. The lowest BCUT2D eigenvalue weighted by atomic mass is 10.2. The van der Waals surface area contributed by atoms with E-state index >= 15 is 0 Å². The number of thioether (sulfide) groups is 1. The molecule has 1 heterocycles. The van der Waals surface area contributed by atoms with Gasteiger partial charge < -0.3 is 4.90 Å². The Morgan fingerprint density at radius 1 is 1.54 bits per heavy atom. The van der Waals surface area contributed by atoms with Crippen molar-refractivity contribution in [3.05, 3.63) is 33.8 Å². The van der Waals surface area contributed by atoms with Crippen molar-refractivity contribution in [3.63, 3.8) is 0 Å². The van der Waals surface area contributed by atoms with E-state index < -0.39 is 0 Å². The number of benzene rings is 1. The summed E-state index contributed by atoms with van der Waals surface area (Å²) in [4.78, 5) is 13.9. The van der Waals surface area contributed by atoms with Crippen LogP contribution in [0.15, 0.2) is 28.6 Å². The van der Waals surface area contributed by atoms with Gasteiger partial charge in [0.1, 0.15) is 0 Å². The molecule has 1 aromatic carbocycles. The number of aryl methyl sites for hydroxylation is 1. The number of nitrogens with zero attached hydrogens (tertiary/aromatic N) is 4. The summed E-state index contributed by atoms with van der Waals surface area (Å²) in [5.74, 6) is -0.0150. The summed E-state index contributed by atoms with van der Waals surface area (Å²) in [6.07, 6.45) is 0.334. The van der Waals surface area contributed by atoms with E-state index in [1.54, 1.807) is 16.6 Å². The zero-order chi connectivity index (χ0) is 17.7.